The lowest BCUT2D eigenvalue weighted by molar-refractivity contribution is 1.02. The first-order valence-electron chi connectivity index (χ1n) is 10.6. The number of hydrogen-bond donors (Lipinski definition) is 0. The number of benzene rings is 4. The van der Waals surface area contributed by atoms with E-state index in [9.17, 15) is 0 Å². The number of rotatable bonds is 3. The average molecular weight is 402 g/mol. The summed E-state index contributed by atoms with van der Waals surface area (Å²) in [6.07, 6.45) is 14.0. The maximum Gasteiger partial charge on any atom is -0.00197 e. The van der Waals surface area contributed by atoms with Crippen molar-refractivity contribution in [2.24, 2.45) is 0 Å². The van der Waals surface area contributed by atoms with E-state index in [1.807, 2.05) is 0 Å². The normalized spacial score (nSPS) is 16.2. The molecule has 1 heteroatoms. The van der Waals surface area contributed by atoms with Crippen LogP contribution in [0.2, 0.25) is 0 Å². The van der Waals surface area contributed by atoms with Crippen molar-refractivity contribution < 1.29 is 0 Å². The summed E-state index contributed by atoms with van der Waals surface area (Å²) in [5.74, 6) is 0. The van der Waals surface area contributed by atoms with E-state index in [-0.39, 0.29) is 0 Å². The van der Waals surface area contributed by atoms with Crippen LogP contribution in [0.25, 0.3) is 33.0 Å². The van der Waals surface area contributed by atoms with Crippen LogP contribution in [0.3, 0.4) is 0 Å². The van der Waals surface area contributed by atoms with E-state index in [1.54, 1.807) is 0 Å². The molecule has 0 spiro atoms. The standard InChI is InChI=1S/C29H23P/c1-30(21-11-4-2-5-12-21,22-13-6-3-7-14-22)28-20-19-26-24-16-9-8-15-23(24)25-17-10-18-27(28)29(25)26/h2-6,8-13,15-20H,1,7,14H2. The smallest absolute Gasteiger partial charge is 0.00197 e. The van der Waals surface area contributed by atoms with Crippen LogP contribution in [0.4, 0.5) is 0 Å². The Morgan fingerprint density at radius 1 is 0.667 bits per heavy atom. The van der Waals surface area contributed by atoms with Gasteiger partial charge in [-0.3, -0.25) is 0 Å². The lowest BCUT2D eigenvalue weighted by Gasteiger charge is -2.31. The Hall–Kier alpha value is -3.08. The van der Waals surface area contributed by atoms with E-state index in [2.05, 4.69) is 103 Å². The zero-order valence-corrected chi connectivity index (χ0v) is 17.8. The lowest BCUT2D eigenvalue weighted by atomic mass is 10.0. The van der Waals surface area contributed by atoms with Crippen LogP contribution < -0.4 is 10.6 Å². The second kappa shape index (κ2) is 6.73. The van der Waals surface area contributed by atoms with E-state index in [0.29, 0.717) is 0 Å². The highest BCUT2D eigenvalue weighted by Crippen LogP contribution is 2.57. The molecule has 0 saturated carbocycles. The topological polar surface area (TPSA) is 0 Å². The number of allylic oxidation sites excluding steroid dienone is 4. The van der Waals surface area contributed by atoms with Crippen LogP contribution >= 0.6 is 6.89 Å². The molecule has 1 atom stereocenters. The van der Waals surface area contributed by atoms with Gasteiger partial charge in [0, 0.05) is 0 Å². The Kier molecular flexibility index (Phi) is 3.98. The fraction of sp³-hybridized carbons (Fsp3) is 0.0690. The van der Waals surface area contributed by atoms with Crippen LogP contribution in [0.1, 0.15) is 12.8 Å². The molecule has 4 aromatic carbocycles. The molecule has 30 heavy (non-hydrogen) atoms. The summed E-state index contributed by atoms with van der Waals surface area (Å²) in [5.41, 5.74) is 5.42. The van der Waals surface area contributed by atoms with E-state index < -0.39 is 6.89 Å². The minimum absolute atomic E-state index is 1.09. The summed E-state index contributed by atoms with van der Waals surface area (Å²) in [7, 11) is 0. The van der Waals surface area contributed by atoms with Crippen LogP contribution in [0, 0.1) is 0 Å². The molecule has 6 rings (SSSR count). The highest BCUT2D eigenvalue weighted by atomic mass is 31.2. The molecular formula is C29H23P. The second-order valence-electron chi connectivity index (χ2n) is 8.18. The molecular weight excluding hydrogens is 379 g/mol. The van der Waals surface area contributed by atoms with E-state index in [4.69, 9.17) is 6.30 Å². The molecule has 0 aliphatic heterocycles. The molecule has 0 N–H and O–H groups in total. The van der Waals surface area contributed by atoms with Crippen molar-refractivity contribution >= 4 is 34.6 Å². The number of fused-ring (bicyclic) bond motifs is 3. The van der Waals surface area contributed by atoms with Gasteiger partial charge in [0.15, 0.2) is 0 Å². The molecule has 0 saturated heterocycles. The maximum atomic E-state index is 5.02. The van der Waals surface area contributed by atoms with Crippen LogP contribution in [0.5, 0.6) is 0 Å². The van der Waals surface area contributed by atoms with Gasteiger partial charge in [0.2, 0.25) is 0 Å². The van der Waals surface area contributed by atoms with Crippen molar-refractivity contribution in [2.75, 3.05) is 0 Å². The summed E-state index contributed by atoms with van der Waals surface area (Å²) < 4.78 is 0. The molecule has 144 valence electrons. The Morgan fingerprint density at radius 3 is 2.10 bits per heavy atom. The highest BCUT2D eigenvalue weighted by molar-refractivity contribution is 7.91. The predicted octanol–water partition coefficient (Wildman–Crippen LogP) is 7.12. The fourth-order valence-corrected chi connectivity index (χ4v) is 8.55. The van der Waals surface area contributed by atoms with Crippen LogP contribution in [-0.2, 0) is 0 Å². The minimum Gasteiger partial charge on any atom is -0.0889 e. The zero-order valence-electron chi connectivity index (χ0n) is 16.9. The first-order chi connectivity index (χ1) is 14.8. The van der Waals surface area contributed by atoms with Gasteiger partial charge in [0.05, 0.1) is 0 Å². The Bertz CT molecular complexity index is 1370. The summed E-state index contributed by atoms with van der Waals surface area (Å²) in [6, 6.07) is 31.3. The van der Waals surface area contributed by atoms with Gasteiger partial charge in [-0.15, -0.1) is 0 Å². The molecule has 0 fully saturated rings. The van der Waals surface area contributed by atoms with Gasteiger partial charge in [-0.1, -0.05) is 109 Å². The van der Waals surface area contributed by atoms with Crippen molar-refractivity contribution in [3.63, 3.8) is 0 Å². The Balaban J connectivity index is 1.70. The van der Waals surface area contributed by atoms with Gasteiger partial charge in [-0.2, -0.15) is 0 Å². The second-order valence-corrected chi connectivity index (χ2v) is 11.4. The quantitative estimate of drug-likeness (QED) is 0.282. The molecule has 4 aromatic rings. The monoisotopic (exact) mass is 402 g/mol. The van der Waals surface area contributed by atoms with Gasteiger partial charge in [0.1, 0.15) is 0 Å². The van der Waals surface area contributed by atoms with E-state index in [1.165, 1.54) is 48.9 Å². The summed E-state index contributed by atoms with van der Waals surface area (Å²) in [6.45, 7) is -1.94. The first-order valence-corrected chi connectivity index (χ1v) is 12.6. The average Bonchev–Trinajstić information content (AvgIpc) is 3.16. The van der Waals surface area contributed by atoms with Crippen molar-refractivity contribution in [1.29, 1.82) is 0 Å². The third-order valence-electron chi connectivity index (χ3n) is 6.62. The molecule has 0 aromatic heterocycles. The van der Waals surface area contributed by atoms with Gasteiger partial charge in [0.25, 0.3) is 0 Å². The summed E-state index contributed by atoms with van der Waals surface area (Å²) in [4.78, 5) is 0. The Labute approximate surface area is 178 Å². The number of hydrogen-bond acceptors (Lipinski definition) is 0. The van der Waals surface area contributed by atoms with Crippen molar-refractivity contribution in [3.8, 4) is 22.3 Å². The fourth-order valence-electron chi connectivity index (χ4n) is 5.18. The summed E-state index contributed by atoms with van der Waals surface area (Å²) >= 11 is 0. The zero-order chi connectivity index (χ0) is 20.1. The van der Waals surface area contributed by atoms with Gasteiger partial charge in [-0.05, 0) is 68.7 Å². The maximum absolute atomic E-state index is 5.02. The van der Waals surface area contributed by atoms with Crippen molar-refractivity contribution in [3.05, 3.63) is 108 Å². The molecule has 0 amide bonds. The van der Waals surface area contributed by atoms with Gasteiger partial charge in [-0.25, -0.2) is 0 Å². The molecule has 0 radical (unpaired) electrons. The van der Waals surface area contributed by atoms with E-state index >= 15 is 0 Å². The Morgan fingerprint density at radius 2 is 1.37 bits per heavy atom. The van der Waals surface area contributed by atoms with Gasteiger partial charge < -0.3 is 0 Å². The SMILES string of the molecule is C=P(C1=CC=CCC1)(c1ccccc1)c1ccc2c3c(cccc13)-c1ccccc1-2. The third-order valence-corrected chi connectivity index (χ3v) is 10.4. The van der Waals surface area contributed by atoms with E-state index in [0.717, 1.165) is 12.8 Å². The van der Waals surface area contributed by atoms with Crippen LogP contribution in [0.15, 0.2) is 108 Å². The largest absolute Gasteiger partial charge is 0.0889 e. The molecule has 2 aliphatic carbocycles. The predicted molar refractivity (Wildman–Crippen MR) is 135 cm³/mol. The molecule has 1 unspecified atom stereocenters. The van der Waals surface area contributed by atoms with Crippen molar-refractivity contribution in [1.82, 2.24) is 0 Å². The first kappa shape index (κ1) is 17.8. The minimum atomic E-state index is -1.94. The third kappa shape index (κ3) is 2.41. The van der Waals surface area contributed by atoms with Crippen LogP contribution in [-0.4, -0.2) is 6.30 Å². The van der Waals surface area contributed by atoms with Crippen molar-refractivity contribution in [2.45, 2.75) is 12.8 Å². The summed E-state index contributed by atoms with van der Waals surface area (Å²) in [5, 5.41) is 7.02. The molecule has 0 nitrogen and oxygen atoms in total. The molecule has 0 bridgehead atoms. The highest BCUT2D eigenvalue weighted by Gasteiger charge is 2.29. The lowest BCUT2D eigenvalue weighted by Crippen LogP contribution is -2.19. The molecule has 0 heterocycles. The van der Waals surface area contributed by atoms with Gasteiger partial charge >= 0.3 is 0 Å². The molecule has 2 aliphatic rings.